The van der Waals surface area contributed by atoms with E-state index in [-0.39, 0.29) is 5.95 Å². The van der Waals surface area contributed by atoms with Crippen molar-refractivity contribution in [3.05, 3.63) is 6.07 Å². The molecule has 0 saturated carbocycles. The number of hydrazine groups is 2. The first kappa shape index (κ1) is 12.8. The molecule has 18 heavy (non-hydrogen) atoms. The van der Waals surface area contributed by atoms with Gasteiger partial charge in [0.2, 0.25) is 5.95 Å². The number of nitrogens with zero attached hydrogens (tertiary/aromatic N) is 3. The minimum absolute atomic E-state index is 0.199. The fourth-order valence-corrected chi connectivity index (χ4v) is 2.37. The van der Waals surface area contributed by atoms with E-state index in [0.29, 0.717) is 23.7 Å². The second-order valence-electron chi connectivity index (χ2n) is 4.79. The SMILES string of the molecule is CC1CCCC(C)N1Nc1cc(NN)nc(N)n1. The molecule has 1 aliphatic heterocycles. The first-order valence-electron chi connectivity index (χ1n) is 6.26. The van der Waals surface area contributed by atoms with Gasteiger partial charge in [-0.25, -0.2) is 10.9 Å². The summed E-state index contributed by atoms with van der Waals surface area (Å²) < 4.78 is 0. The Kier molecular flexibility index (Phi) is 3.83. The van der Waals surface area contributed by atoms with Gasteiger partial charge in [0.1, 0.15) is 11.6 Å². The van der Waals surface area contributed by atoms with Crippen LogP contribution in [-0.4, -0.2) is 27.1 Å². The molecule has 0 aromatic carbocycles. The van der Waals surface area contributed by atoms with E-state index < -0.39 is 0 Å². The standard InChI is InChI=1S/C11H21N7/c1-7-4-3-5-8(2)18(7)17-10-6-9(16-13)14-11(12)15-10/h6-8H,3-5,13H2,1-2H3,(H4,12,14,15,16,17). The summed E-state index contributed by atoms with van der Waals surface area (Å²) in [5.41, 5.74) is 11.4. The van der Waals surface area contributed by atoms with Gasteiger partial charge in [-0.1, -0.05) is 6.42 Å². The van der Waals surface area contributed by atoms with Crippen LogP contribution in [0.15, 0.2) is 6.07 Å². The molecule has 2 unspecified atom stereocenters. The smallest absolute Gasteiger partial charge is 0.224 e. The molecule has 0 radical (unpaired) electrons. The van der Waals surface area contributed by atoms with E-state index in [1.165, 1.54) is 19.3 Å². The van der Waals surface area contributed by atoms with Gasteiger partial charge in [-0.05, 0) is 26.7 Å². The van der Waals surface area contributed by atoms with Gasteiger partial charge in [0.05, 0.1) is 0 Å². The predicted molar refractivity (Wildman–Crippen MR) is 72.5 cm³/mol. The maximum absolute atomic E-state index is 5.63. The third kappa shape index (κ3) is 2.80. The van der Waals surface area contributed by atoms with Crippen LogP contribution in [0.4, 0.5) is 17.6 Å². The van der Waals surface area contributed by atoms with Crippen molar-refractivity contribution in [1.29, 1.82) is 0 Å². The molecule has 0 amide bonds. The van der Waals surface area contributed by atoms with Gasteiger partial charge in [-0.3, -0.25) is 0 Å². The van der Waals surface area contributed by atoms with E-state index in [9.17, 15) is 0 Å². The van der Waals surface area contributed by atoms with Crippen LogP contribution in [0.1, 0.15) is 33.1 Å². The maximum atomic E-state index is 5.63. The van der Waals surface area contributed by atoms with Crippen LogP contribution < -0.4 is 22.4 Å². The molecule has 0 aliphatic carbocycles. The van der Waals surface area contributed by atoms with Crippen LogP contribution in [0.2, 0.25) is 0 Å². The van der Waals surface area contributed by atoms with Crippen LogP contribution in [0.25, 0.3) is 0 Å². The van der Waals surface area contributed by atoms with Gasteiger partial charge in [0, 0.05) is 18.2 Å². The number of rotatable bonds is 3. The van der Waals surface area contributed by atoms with Crippen LogP contribution >= 0.6 is 0 Å². The highest BCUT2D eigenvalue weighted by atomic mass is 15.5. The number of piperidine rings is 1. The Hall–Kier alpha value is -1.60. The van der Waals surface area contributed by atoms with Crippen molar-refractivity contribution in [3.8, 4) is 0 Å². The van der Waals surface area contributed by atoms with Crippen LogP contribution in [-0.2, 0) is 0 Å². The Morgan fingerprint density at radius 2 is 1.83 bits per heavy atom. The summed E-state index contributed by atoms with van der Waals surface area (Å²) in [6.07, 6.45) is 3.63. The zero-order valence-electron chi connectivity index (χ0n) is 10.8. The fraction of sp³-hybridized carbons (Fsp3) is 0.636. The van der Waals surface area contributed by atoms with Crippen molar-refractivity contribution in [2.24, 2.45) is 5.84 Å². The minimum atomic E-state index is 0.199. The highest BCUT2D eigenvalue weighted by Gasteiger charge is 2.25. The van der Waals surface area contributed by atoms with E-state index in [1.54, 1.807) is 6.07 Å². The molecule has 2 heterocycles. The van der Waals surface area contributed by atoms with Crippen molar-refractivity contribution in [3.63, 3.8) is 0 Å². The Balaban J connectivity index is 2.14. The number of nitrogens with two attached hydrogens (primary N) is 2. The molecular weight excluding hydrogens is 230 g/mol. The minimum Gasteiger partial charge on any atom is -0.368 e. The molecule has 1 aromatic rings. The molecule has 1 saturated heterocycles. The van der Waals surface area contributed by atoms with Gasteiger partial charge in [0.25, 0.3) is 0 Å². The number of nitrogen functional groups attached to an aromatic ring is 2. The Morgan fingerprint density at radius 3 is 2.44 bits per heavy atom. The second-order valence-corrected chi connectivity index (χ2v) is 4.79. The topological polar surface area (TPSA) is 105 Å². The third-order valence-corrected chi connectivity index (χ3v) is 3.33. The van der Waals surface area contributed by atoms with Crippen LogP contribution in [0.5, 0.6) is 0 Å². The molecule has 7 heteroatoms. The van der Waals surface area contributed by atoms with Gasteiger partial charge in [-0.15, -0.1) is 0 Å². The van der Waals surface area contributed by atoms with Crippen molar-refractivity contribution in [2.45, 2.75) is 45.2 Å². The van der Waals surface area contributed by atoms with E-state index in [4.69, 9.17) is 11.6 Å². The number of hydrogen-bond acceptors (Lipinski definition) is 7. The lowest BCUT2D eigenvalue weighted by atomic mass is 10.00. The third-order valence-electron chi connectivity index (χ3n) is 3.33. The van der Waals surface area contributed by atoms with E-state index in [0.717, 1.165) is 0 Å². The maximum Gasteiger partial charge on any atom is 0.224 e. The molecular formula is C11H21N7. The zero-order valence-corrected chi connectivity index (χ0v) is 10.8. The zero-order chi connectivity index (χ0) is 13.1. The predicted octanol–water partition coefficient (Wildman–Crippen LogP) is 0.934. The van der Waals surface area contributed by atoms with E-state index in [2.05, 4.69) is 39.7 Å². The Labute approximate surface area is 107 Å². The molecule has 0 spiro atoms. The quantitative estimate of drug-likeness (QED) is 0.468. The first-order chi connectivity index (χ1) is 8.60. The molecule has 2 rings (SSSR count). The summed E-state index contributed by atoms with van der Waals surface area (Å²) in [6.45, 7) is 4.41. The van der Waals surface area contributed by atoms with Gasteiger partial charge in [0.15, 0.2) is 0 Å². The number of nitrogens with one attached hydrogen (secondary N) is 2. The second kappa shape index (κ2) is 5.36. The first-order valence-corrected chi connectivity index (χ1v) is 6.26. The summed E-state index contributed by atoms with van der Waals surface area (Å²) >= 11 is 0. The van der Waals surface area contributed by atoms with Gasteiger partial charge >= 0.3 is 0 Å². The normalized spacial score (nSPS) is 24.8. The van der Waals surface area contributed by atoms with Crippen molar-refractivity contribution >= 4 is 17.6 Å². The largest absolute Gasteiger partial charge is 0.368 e. The number of anilines is 3. The van der Waals surface area contributed by atoms with E-state index >= 15 is 0 Å². The molecule has 6 N–H and O–H groups in total. The average Bonchev–Trinajstić information content (AvgIpc) is 2.33. The summed E-state index contributed by atoms with van der Waals surface area (Å²) in [5, 5.41) is 2.21. The number of aromatic nitrogens is 2. The molecule has 1 fully saturated rings. The van der Waals surface area contributed by atoms with E-state index in [1.807, 2.05) is 0 Å². The molecule has 2 atom stereocenters. The lowest BCUT2D eigenvalue weighted by Gasteiger charge is -2.39. The molecule has 0 bridgehead atoms. The lowest BCUT2D eigenvalue weighted by Crippen LogP contribution is -2.47. The summed E-state index contributed by atoms with van der Waals surface area (Å²) in [7, 11) is 0. The van der Waals surface area contributed by atoms with Crippen molar-refractivity contribution in [1.82, 2.24) is 15.0 Å². The van der Waals surface area contributed by atoms with Crippen LogP contribution in [0.3, 0.4) is 0 Å². The highest BCUT2D eigenvalue weighted by Crippen LogP contribution is 2.23. The molecule has 1 aliphatic rings. The van der Waals surface area contributed by atoms with Gasteiger partial charge < -0.3 is 16.6 Å². The molecule has 100 valence electrons. The van der Waals surface area contributed by atoms with Crippen molar-refractivity contribution < 1.29 is 0 Å². The van der Waals surface area contributed by atoms with Crippen LogP contribution in [0, 0.1) is 0 Å². The summed E-state index contributed by atoms with van der Waals surface area (Å²) in [5.74, 6) is 6.70. The lowest BCUT2D eigenvalue weighted by molar-refractivity contribution is 0.135. The number of hydrogen-bond donors (Lipinski definition) is 4. The summed E-state index contributed by atoms with van der Waals surface area (Å²) in [6, 6.07) is 2.68. The monoisotopic (exact) mass is 251 g/mol. The highest BCUT2D eigenvalue weighted by molar-refractivity contribution is 5.49. The molecule has 1 aromatic heterocycles. The Bertz CT molecular complexity index is 398. The Morgan fingerprint density at radius 1 is 1.22 bits per heavy atom. The van der Waals surface area contributed by atoms with Crippen molar-refractivity contribution in [2.75, 3.05) is 16.6 Å². The average molecular weight is 251 g/mol. The fourth-order valence-electron chi connectivity index (χ4n) is 2.37. The summed E-state index contributed by atoms with van der Waals surface area (Å²) in [4.78, 5) is 8.12. The van der Waals surface area contributed by atoms with Gasteiger partial charge in [-0.2, -0.15) is 9.97 Å². The molecule has 7 nitrogen and oxygen atoms in total.